The van der Waals surface area contributed by atoms with Gasteiger partial charge < -0.3 is 14.0 Å². The zero-order valence-electron chi connectivity index (χ0n) is 13.8. The standard InChI is InChI=1S/C18H25N3O2/c1-20-10-8-19-18(20)15-23-17-6-4-16(5-7-17)3-2-9-21-11-13-22-14-12-21/h4-8,10H,2-3,9,11-15H2,1H3. The van der Waals surface area contributed by atoms with Gasteiger partial charge in [-0.25, -0.2) is 4.98 Å². The van der Waals surface area contributed by atoms with E-state index in [1.165, 1.54) is 12.0 Å². The van der Waals surface area contributed by atoms with E-state index < -0.39 is 0 Å². The molecule has 0 atom stereocenters. The second-order valence-corrected chi connectivity index (χ2v) is 5.94. The van der Waals surface area contributed by atoms with Crippen molar-refractivity contribution in [1.29, 1.82) is 0 Å². The topological polar surface area (TPSA) is 39.5 Å². The van der Waals surface area contributed by atoms with Crippen LogP contribution in [0.1, 0.15) is 17.8 Å². The minimum atomic E-state index is 0.500. The molecule has 1 fully saturated rings. The van der Waals surface area contributed by atoms with Gasteiger partial charge in [0.15, 0.2) is 0 Å². The van der Waals surface area contributed by atoms with E-state index in [1.807, 2.05) is 29.9 Å². The number of rotatable bonds is 7. The summed E-state index contributed by atoms with van der Waals surface area (Å²) in [7, 11) is 1.98. The third-order valence-electron chi connectivity index (χ3n) is 4.26. The second-order valence-electron chi connectivity index (χ2n) is 5.94. The van der Waals surface area contributed by atoms with Crippen LogP contribution < -0.4 is 4.74 Å². The molecule has 0 amide bonds. The molecule has 3 rings (SSSR count). The SMILES string of the molecule is Cn1ccnc1COc1ccc(CCCN2CCOCC2)cc1. The minimum Gasteiger partial charge on any atom is -0.486 e. The average Bonchev–Trinajstić information content (AvgIpc) is 3.00. The Hall–Kier alpha value is -1.85. The summed E-state index contributed by atoms with van der Waals surface area (Å²) >= 11 is 0. The molecule has 0 unspecified atom stereocenters. The molecule has 0 spiro atoms. The van der Waals surface area contributed by atoms with Gasteiger partial charge in [-0.15, -0.1) is 0 Å². The fourth-order valence-corrected chi connectivity index (χ4v) is 2.77. The number of aromatic nitrogens is 2. The highest BCUT2D eigenvalue weighted by atomic mass is 16.5. The number of imidazole rings is 1. The summed E-state index contributed by atoms with van der Waals surface area (Å²) in [5.41, 5.74) is 1.36. The van der Waals surface area contributed by atoms with Crippen molar-refractivity contribution < 1.29 is 9.47 Å². The quantitative estimate of drug-likeness (QED) is 0.786. The molecule has 1 aromatic heterocycles. The first-order chi connectivity index (χ1) is 11.3. The van der Waals surface area contributed by atoms with Crippen LogP contribution in [0, 0.1) is 0 Å². The summed E-state index contributed by atoms with van der Waals surface area (Å²) in [4.78, 5) is 6.74. The van der Waals surface area contributed by atoms with Crippen LogP contribution in [0.4, 0.5) is 0 Å². The predicted molar refractivity (Wildman–Crippen MR) is 89.6 cm³/mol. The van der Waals surface area contributed by atoms with Gasteiger partial charge in [-0.05, 0) is 37.1 Å². The maximum Gasteiger partial charge on any atom is 0.146 e. The number of ether oxygens (including phenoxy) is 2. The van der Waals surface area contributed by atoms with Gasteiger partial charge in [-0.1, -0.05) is 12.1 Å². The van der Waals surface area contributed by atoms with Crippen LogP contribution in [-0.2, 0) is 24.8 Å². The van der Waals surface area contributed by atoms with Crippen LogP contribution in [0.5, 0.6) is 5.75 Å². The largest absolute Gasteiger partial charge is 0.486 e. The summed E-state index contributed by atoms with van der Waals surface area (Å²) in [5, 5.41) is 0. The molecule has 23 heavy (non-hydrogen) atoms. The molecule has 124 valence electrons. The van der Waals surface area contributed by atoms with Crippen molar-refractivity contribution in [3.05, 3.63) is 48.0 Å². The molecule has 5 nitrogen and oxygen atoms in total. The third kappa shape index (κ3) is 4.81. The van der Waals surface area contributed by atoms with E-state index in [1.54, 1.807) is 6.20 Å². The summed E-state index contributed by atoms with van der Waals surface area (Å²) in [5.74, 6) is 1.82. The highest BCUT2D eigenvalue weighted by Gasteiger charge is 2.09. The van der Waals surface area contributed by atoms with Crippen LogP contribution in [0.3, 0.4) is 0 Å². The Morgan fingerprint density at radius 3 is 2.65 bits per heavy atom. The second kappa shape index (κ2) is 8.13. The molecule has 1 aliphatic heterocycles. The van der Waals surface area contributed by atoms with Crippen molar-refractivity contribution in [3.8, 4) is 5.75 Å². The molecular weight excluding hydrogens is 290 g/mol. The number of benzene rings is 1. The highest BCUT2D eigenvalue weighted by Crippen LogP contribution is 2.15. The monoisotopic (exact) mass is 315 g/mol. The smallest absolute Gasteiger partial charge is 0.146 e. The van der Waals surface area contributed by atoms with E-state index in [-0.39, 0.29) is 0 Å². The fourth-order valence-electron chi connectivity index (χ4n) is 2.77. The van der Waals surface area contributed by atoms with Crippen LogP contribution in [0.15, 0.2) is 36.7 Å². The van der Waals surface area contributed by atoms with Crippen molar-refractivity contribution in [2.45, 2.75) is 19.4 Å². The first kappa shape index (κ1) is 16.0. The van der Waals surface area contributed by atoms with Crippen molar-refractivity contribution >= 4 is 0 Å². The molecule has 0 bridgehead atoms. The van der Waals surface area contributed by atoms with Gasteiger partial charge in [0.05, 0.1) is 13.2 Å². The van der Waals surface area contributed by atoms with Gasteiger partial charge in [-0.3, -0.25) is 4.90 Å². The van der Waals surface area contributed by atoms with E-state index in [9.17, 15) is 0 Å². The Balaban J connectivity index is 1.40. The Bertz CT molecular complexity index is 589. The molecule has 2 aromatic rings. The van der Waals surface area contributed by atoms with Gasteiger partial charge in [0, 0.05) is 32.5 Å². The number of aryl methyl sites for hydroxylation is 2. The zero-order valence-corrected chi connectivity index (χ0v) is 13.8. The molecule has 0 saturated carbocycles. The predicted octanol–water partition coefficient (Wildman–Crippen LogP) is 2.26. The molecule has 0 N–H and O–H groups in total. The van der Waals surface area contributed by atoms with Crippen LogP contribution in [-0.4, -0.2) is 47.3 Å². The Labute approximate surface area is 137 Å². The van der Waals surface area contributed by atoms with Crippen molar-refractivity contribution in [2.75, 3.05) is 32.8 Å². The van der Waals surface area contributed by atoms with Crippen molar-refractivity contribution in [3.63, 3.8) is 0 Å². The fraction of sp³-hybridized carbons (Fsp3) is 0.500. The summed E-state index contributed by atoms with van der Waals surface area (Å²) in [6.45, 7) is 5.55. The van der Waals surface area contributed by atoms with Crippen LogP contribution in [0.25, 0.3) is 0 Å². The Morgan fingerprint density at radius 1 is 1.17 bits per heavy atom. The van der Waals surface area contributed by atoms with Gasteiger partial charge >= 0.3 is 0 Å². The lowest BCUT2D eigenvalue weighted by Gasteiger charge is -2.26. The van der Waals surface area contributed by atoms with E-state index in [2.05, 4.69) is 22.0 Å². The number of hydrogen-bond acceptors (Lipinski definition) is 4. The van der Waals surface area contributed by atoms with E-state index in [4.69, 9.17) is 9.47 Å². The number of morpholine rings is 1. The van der Waals surface area contributed by atoms with Gasteiger partial charge in [0.2, 0.25) is 0 Å². The first-order valence-electron chi connectivity index (χ1n) is 8.29. The van der Waals surface area contributed by atoms with Gasteiger partial charge in [0.1, 0.15) is 18.2 Å². The molecule has 0 aliphatic carbocycles. The lowest BCUT2D eigenvalue weighted by molar-refractivity contribution is 0.0374. The lowest BCUT2D eigenvalue weighted by Crippen LogP contribution is -2.36. The molecule has 0 radical (unpaired) electrons. The highest BCUT2D eigenvalue weighted by molar-refractivity contribution is 5.27. The van der Waals surface area contributed by atoms with Gasteiger partial charge in [0.25, 0.3) is 0 Å². The summed E-state index contributed by atoms with van der Waals surface area (Å²) in [6.07, 6.45) is 6.01. The van der Waals surface area contributed by atoms with Crippen LogP contribution >= 0.6 is 0 Å². The van der Waals surface area contributed by atoms with Crippen LogP contribution in [0.2, 0.25) is 0 Å². The minimum absolute atomic E-state index is 0.500. The third-order valence-corrected chi connectivity index (χ3v) is 4.26. The Morgan fingerprint density at radius 2 is 1.96 bits per heavy atom. The maximum atomic E-state index is 5.78. The summed E-state index contributed by atoms with van der Waals surface area (Å²) < 4.78 is 13.1. The Kier molecular flexibility index (Phi) is 5.66. The molecule has 1 saturated heterocycles. The van der Waals surface area contributed by atoms with Crippen molar-refractivity contribution in [1.82, 2.24) is 14.5 Å². The van der Waals surface area contributed by atoms with E-state index in [0.717, 1.165) is 50.8 Å². The summed E-state index contributed by atoms with van der Waals surface area (Å²) in [6, 6.07) is 8.42. The normalized spacial score (nSPS) is 15.7. The zero-order chi connectivity index (χ0) is 15.9. The molecular formula is C18H25N3O2. The first-order valence-corrected chi connectivity index (χ1v) is 8.29. The van der Waals surface area contributed by atoms with E-state index >= 15 is 0 Å². The maximum absolute atomic E-state index is 5.78. The lowest BCUT2D eigenvalue weighted by atomic mass is 10.1. The van der Waals surface area contributed by atoms with E-state index in [0.29, 0.717) is 6.61 Å². The molecule has 5 heteroatoms. The number of nitrogens with zero attached hydrogens (tertiary/aromatic N) is 3. The average molecular weight is 315 g/mol. The molecule has 1 aliphatic rings. The van der Waals surface area contributed by atoms with Gasteiger partial charge in [-0.2, -0.15) is 0 Å². The molecule has 1 aromatic carbocycles. The number of hydrogen-bond donors (Lipinski definition) is 0. The molecule has 2 heterocycles. The van der Waals surface area contributed by atoms with Crippen molar-refractivity contribution in [2.24, 2.45) is 7.05 Å².